The number of nitrogens with zero attached hydrogens (tertiary/aromatic N) is 1. The predicted molar refractivity (Wildman–Crippen MR) is 134 cm³/mol. The fourth-order valence-corrected chi connectivity index (χ4v) is 6.84. The molecule has 1 N–H and O–H groups in total. The van der Waals surface area contributed by atoms with Crippen molar-refractivity contribution >= 4 is 27.8 Å². The average molecular weight is 508 g/mol. The van der Waals surface area contributed by atoms with Gasteiger partial charge in [0.1, 0.15) is 5.82 Å². The molecular formula is C26H34FNO4S2. The summed E-state index contributed by atoms with van der Waals surface area (Å²) in [6, 6.07) is 10.6. The summed E-state index contributed by atoms with van der Waals surface area (Å²) in [5.74, 6) is -1.25. The number of carboxylic acid groups (broad SMARTS) is 1. The van der Waals surface area contributed by atoms with E-state index in [0.29, 0.717) is 23.5 Å². The highest BCUT2D eigenvalue weighted by Gasteiger charge is 2.26. The Labute approximate surface area is 206 Å². The van der Waals surface area contributed by atoms with Crippen molar-refractivity contribution in [2.75, 3.05) is 13.1 Å². The third-order valence-corrected chi connectivity index (χ3v) is 9.08. The molecule has 0 atom stereocenters. The third kappa shape index (κ3) is 7.82. The smallest absolute Gasteiger partial charge is 0.335 e. The van der Waals surface area contributed by atoms with Crippen molar-refractivity contribution in [1.82, 2.24) is 4.31 Å². The normalized spacial score (nSPS) is 17.3. The fraction of sp³-hybridized carbons (Fsp3) is 0.500. The van der Waals surface area contributed by atoms with E-state index in [0.717, 1.165) is 38.5 Å². The van der Waals surface area contributed by atoms with Gasteiger partial charge in [-0.3, -0.25) is 0 Å². The van der Waals surface area contributed by atoms with Crippen molar-refractivity contribution in [2.24, 2.45) is 0 Å². The van der Waals surface area contributed by atoms with Crippen molar-refractivity contribution in [3.8, 4) is 0 Å². The zero-order valence-corrected chi connectivity index (χ0v) is 21.2. The molecule has 186 valence electrons. The van der Waals surface area contributed by atoms with Crippen molar-refractivity contribution in [2.45, 2.75) is 79.8 Å². The summed E-state index contributed by atoms with van der Waals surface area (Å²) in [4.78, 5) is 12.2. The molecule has 3 rings (SSSR count). The first kappa shape index (κ1) is 26.7. The second-order valence-corrected chi connectivity index (χ2v) is 11.8. The third-order valence-electron chi connectivity index (χ3n) is 6.18. The Morgan fingerprint density at radius 3 is 2.00 bits per heavy atom. The van der Waals surface area contributed by atoms with Crippen molar-refractivity contribution < 1.29 is 22.7 Å². The molecule has 0 amide bonds. The van der Waals surface area contributed by atoms with E-state index in [4.69, 9.17) is 0 Å². The summed E-state index contributed by atoms with van der Waals surface area (Å²) in [7, 11) is -3.85. The first-order valence-electron chi connectivity index (χ1n) is 12.1. The number of thioether (sulfide) groups is 1. The molecule has 1 saturated heterocycles. The quantitative estimate of drug-likeness (QED) is 0.439. The number of rotatable bonds is 6. The Bertz CT molecular complexity index is 1040. The number of sulfonamides is 1. The Morgan fingerprint density at radius 2 is 1.44 bits per heavy atom. The lowest BCUT2D eigenvalue weighted by atomic mass is 10.1. The Kier molecular flexibility index (Phi) is 10.4. The lowest BCUT2D eigenvalue weighted by Crippen LogP contribution is -2.33. The second-order valence-electron chi connectivity index (χ2n) is 8.82. The number of carbonyl (C=O) groups is 1. The van der Waals surface area contributed by atoms with E-state index in [9.17, 15) is 22.7 Å². The van der Waals surface area contributed by atoms with Gasteiger partial charge in [-0.25, -0.2) is 17.6 Å². The van der Waals surface area contributed by atoms with Crippen LogP contribution in [0.5, 0.6) is 0 Å². The van der Waals surface area contributed by atoms with Gasteiger partial charge in [-0.1, -0.05) is 69.6 Å². The van der Waals surface area contributed by atoms with Crippen LogP contribution < -0.4 is 0 Å². The van der Waals surface area contributed by atoms with Gasteiger partial charge in [0.2, 0.25) is 10.0 Å². The Balaban J connectivity index is 1.83. The van der Waals surface area contributed by atoms with Gasteiger partial charge in [0.15, 0.2) is 0 Å². The molecular weight excluding hydrogens is 473 g/mol. The van der Waals surface area contributed by atoms with Gasteiger partial charge in [-0.15, -0.1) is 11.8 Å². The second kappa shape index (κ2) is 13.3. The van der Waals surface area contributed by atoms with Crippen LogP contribution in [-0.2, 0) is 15.8 Å². The van der Waals surface area contributed by atoms with Gasteiger partial charge in [0, 0.05) is 23.7 Å². The molecule has 0 bridgehead atoms. The maximum absolute atomic E-state index is 14.0. The summed E-state index contributed by atoms with van der Waals surface area (Å²) in [6.45, 7) is 0.884. The zero-order valence-electron chi connectivity index (χ0n) is 19.5. The lowest BCUT2D eigenvalue weighted by molar-refractivity contribution is 0.0696. The number of carboxylic acids is 1. The van der Waals surface area contributed by atoms with Crippen LogP contribution in [0.25, 0.3) is 0 Å². The van der Waals surface area contributed by atoms with Crippen LogP contribution in [0.3, 0.4) is 0 Å². The first-order valence-corrected chi connectivity index (χ1v) is 14.6. The van der Waals surface area contributed by atoms with Gasteiger partial charge in [0.05, 0.1) is 10.5 Å². The van der Waals surface area contributed by atoms with Gasteiger partial charge in [-0.2, -0.15) is 4.31 Å². The van der Waals surface area contributed by atoms with Crippen LogP contribution in [0.1, 0.15) is 80.1 Å². The highest BCUT2D eigenvalue weighted by molar-refractivity contribution is 7.98. The molecule has 2 aromatic rings. The minimum Gasteiger partial charge on any atom is -0.478 e. The predicted octanol–water partition coefficient (Wildman–Crippen LogP) is 6.72. The van der Waals surface area contributed by atoms with E-state index in [2.05, 4.69) is 0 Å². The lowest BCUT2D eigenvalue weighted by Gasteiger charge is -2.23. The number of aromatic carboxylic acids is 1. The van der Waals surface area contributed by atoms with Crippen LogP contribution in [0.2, 0.25) is 0 Å². The van der Waals surface area contributed by atoms with E-state index < -0.39 is 16.0 Å². The minimum absolute atomic E-state index is 0.00671. The van der Waals surface area contributed by atoms with Crippen LogP contribution in [0, 0.1) is 5.82 Å². The first-order chi connectivity index (χ1) is 16.4. The molecule has 34 heavy (non-hydrogen) atoms. The molecule has 8 heteroatoms. The van der Waals surface area contributed by atoms with Crippen LogP contribution in [0.4, 0.5) is 4.39 Å². The largest absolute Gasteiger partial charge is 0.478 e. The molecule has 1 aliphatic rings. The molecule has 0 saturated carbocycles. The van der Waals surface area contributed by atoms with Crippen LogP contribution in [-0.4, -0.2) is 36.9 Å². The summed E-state index contributed by atoms with van der Waals surface area (Å²) in [5.41, 5.74) is 0.402. The Morgan fingerprint density at radius 1 is 0.882 bits per heavy atom. The summed E-state index contributed by atoms with van der Waals surface area (Å²) >= 11 is 1.23. The van der Waals surface area contributed by atoms with Crippen LogP contribution in [0.15, 0.2) is 52.3 Å². The molecule has 1 fully saturated rings. The maximum Gasteiger partial charge on any atom is 0.335 e. The molecule has 5 nitrogen and oxygen atoms in total. The number of benzene rings is 2. The molecule has 0 spiro atoms. The molecule has 0 unspecified atom stereocenters. The zero-order chi connectivity index (χ0) is 24.4. The Hall–Kier alpha value is -1.90. The molecule has 0 aromatic heterocycles. The molecule has 0 aliphatic carbocycles. The van der Waals surface area contributed by atoms with E-state index in [1.807, 2.05) is 0 Å². The SMILES string of the molecule is O=C(O)c1cc(SCc2ccccc2F)cc(S(=O)(=O)N2CCCCCCCCCCCC2)c1. The topological polar surface area (TPSA) is 74.7 Å². The minimum atomic E-state index is -3.85. The number of halogens is 1. The molecule has 0 radical (unpaired) electrons. The van der Waals surface area contributed by atoms with E-state index in [1.54, 1.807) is 18.2 Å². The van der Waals surface area contributed by atoms with Crippen LogP contribution >= 0.6 is 11.8 Å². The maximum atomic E-state index is 14.0. The van der Waals surface area contributed by atoms with Gasteiger partial charge in [0.25, 0.3) is 0 Å². The monoisotopic (exact) mass is 507 g/mol. The standard InChI is InChI=1S/C26H34FNO4S2/c27-25-14-10-9-13-21(25)20-33-23-17-22(26(29)30)18-24(19-23)34(31,32)28-15-11-7-5-3-1-2-4-6-8-12-16-28/h9-10,13-14,17-19H,1-8,11-12,15-16,20H2,(H,29,30). The van der Waals surface area contributed by atoms with E-state index >= 15 is 0 Å². The number of hydrogen-bond donors (Lipinski definition) is 1. The highest BCUT2D eigenvalue weighted by atomic mass is 32.2. The number of hydrogen-bond acceptors (Lipinski definition) is 4. The molecule has 1 aliphatic heterocycles. The van der Waals surface area contributed by atoms with Gasteiger partial charge < -0.3 is 5.11 Å². The van der Waals surface area contributed by atoms with E-state index in [1.165, 1.54) is 66.0 Å². The van der Waals surface area contributed by atoms with Crippen molar-refractivity contribution in [3.05, 3.63) is 59.4 Å². The van der Waals surface area contributed by atoms with E-state index in [-0.39, 0.29) is 22.0 Å². The summed E-state index contributed by atoms with van der Waals surface area (Å²) in [5, 5.41) is 9.60. The van der Waals surface area contributed by atoms with Crippen molar-refractivity contribution in [3.63, 3.8) is 0 Å². The highest BCUT2D eigenvalue weighted by Crippen LogP contribution is 2.29. The van der Waals surface area contributed by atoms with Crippen molar-refractivity contribution in [1.29, 1.82) is 0 Å². The molecule has 2 aromatic carbocycles. The van der Waals surface area contributed by atoms with Gasteiger partial charge in [-0.05, 0) is 42.7 Å². The molecule has 1 heterocycles. The summed E-state index contributed by atoms with van der Waals surface area (Å²) in [6.07, 6.45) is 10.7. The fourth-order valence-electron chi connectivity index (χ4n) is 4.20. The summed E-state index contributed by atoms with van der Waals surface area (Å²) < 4.78 is 42.7. The van der Waals surface area contributed by atoms with Gasteiger partial charge >= 0.3 is 5.97 Å². The average Bonchev–Trinajstić information content (AvgIpc) is 2.85.